The summed E-state index contributed by atoms with van der Waals surface area (Å²) in [6.45, 7) is 10.7. The number of aromatic nitrogens is 2. The molecule has 0 saturated heterocycles. The molecule has 4 rings (SSSR count). The van der Waals surface area contributed by atoms with Crippen LogP contribution in [0.4, 0.5) is 0 Å². The average molecular weight is 340 g/mol. The van der Waals surface area contributed by atoms with E-state index in [9.17, 15) is 0 Å². The maximum absolute atomic E-state index is 4.97. The van der Waals surface area contributed by atoms with Gasteiger partial charge in [0, 0.05) is 22.3 Å². The fourth-order valence-electron chi connectivity index (χ4n) is 3.71. The molecular weight excluding hydrogens is 316 g/mol. The van der Waals surface area contributed by atoms with Crippen LogP contribution in [-0.2, 0) is 0 Å². The van der Waals surface area contributed by atoms with Crippen molar-refractivity contribution in [2.75, 3.05) is 0 Å². The Bertz CT molecular complexity index is 1120. The predicted molar refractivity (Wildman–Crippen MR) is 111 cm³/mol. The van der Waals surface area contributed by atoms with Gasteiger partial charge in [-0.3, -0.25) is 0 Å². The van der Waals surface area contributed by atoms with Crippen LogP contribution in [0.1, 0.15) is 42.3 Å². The Morgan fingerprint density at radius 1 is 0.731 bits per heavy atom. The maximum Gasteiger partial charge on any atom is 0.132 e. The number of aryl methyl sites for hydroxylation is 3. The van der Waals surface area contributed by atoms with E-state index in [-0.39, 0.29) is 5.92 Å². The van der Waals surface area contributed by atoms with Gasteiger partial charge in [0.25, 0.3) is 0 Å². The Balaban J connectivity index is 2.15. The van der Waals surface area contributed by atoms with Crippen molar-refractivity contribution in [3.63, 3.8) is 0 Å². The van der Waals surface area contributed by atoms with Crippen LogP contribution in [0.5, 0.6) is 0 Å². The summed E-state index contributed by atoms with van der Waals surface area (Å²) in [7, 11) is 0. The molecule has 0 fully saturated rings. The minimum atomic E-state index is 0.282. The monoisotopic (exact) mass is 340 g/mol. The maximum atomic E-state index is 4.97. The molecule has 0 saturated carbocycles. The summed E-state index contributed by atoms with van der Waals surface area (Å²) < 4.78 is 0. The molecule has 2 nitrogen and oxygen atoms in total. The lowest BCUT2D eigenvalue weighted by molar-refractivity contribution is 0.785. The van der Waals surface area contributed by atoms with Crippen LogP contribution >= 0.6 is 0 Å². The van der Waals surface area contributed by atoms with Crippen LogP contribution in [-0.4, -0.2) is 9.97 Å². The Hall–Kier alpha value is -2.74. The van der Waals surface area contributed by atoms with Gasteiger partial charge in [0.05, 0.1) is 11.2 Å². The van der Waals surface area contributed by atoms with Crippen LogP contribution in [0.3, 0.4) is 0 Å². The first kappa shape index (κ1) is 16.7. The highest BCUT2D eigenvalue weighted by Crippen LogP contribution is 2.33. The average Bonchev–Trinajstić information content (AvgIpc) is 2.60. The zero-order chi connectivity index (χ0) is 18.4. The normalized spacial score (nSPS) is 11.6. The second kappa shape index (κ2) is 6.21. The van der Waals surface area contributed by atoms with Gasteiger partial charge in [-0.2, -0.15) is 0 Å². The van der Waals surface area contributed by atoms with Gasteiger partial charge in [-0.25, -0.2) is 9.97 Å². The van der Waals surface area contributed by atoms with Gasteiger partial charge in [0.2, 0.25) is 0 Å². The molecule has 0 bridgehead atoms. The van der Waals surface area contributed by atoms with E-state index in [4.69, 9.17) is 9.97 Å². The molecule has 130 valence electrons. The number of benzene rings is 3. The molecule has 1 heterocycles. The van der Waals surface area contributed by atoms with Crippen molar-refractivity contribution >= 4 is 21.7 Å². The first-order valence-corrected chi connectivity index (χ1v) is 9.22. The summed E-state index contributed by atoms with van der Waals surface area (Å²) in [5.74, 6) is 1.18. The van der Waals surface area contributed by atoms with Gasteiger partial charge in [0.1, 0.15) is 5.82 Å². The molecule has 4 aromatic rings. The van der Waals surface area contributed by atoms with Crippen molar-refractivity contribution in [2.45, 2.75) is 40.5 Å². The third kappa shape index (κ3) is 2.76. The summed E-state index contributed by atoms with van der Waals surface area (Å²) >= 11 is 0. The van der Waals surface area contributed by atoms with Gasteiger partial charge >= 0.3 is 0 Å². The molecule has 0 atom stereocenters. The largest absolute Gasteiger partial charge is 0.232 e. The van der Waals surface area contributed by atoms with E-state index in [0.29, 0.717) is 0 Å². The van der Waals surface area contributed by atoms with Gasteiger partial charge in [-0.15, -0.1) is 0 Å². The standard InChI is InChI=1S/C24H24N2/c1-14(2)24-25-22(18-12-15(3)11-16(4)13-18)21-10-9-19-17(5)7-6-8-20(19)23(21)26-24/h6-14H,1-5H3. The topological polar surface area (TPSA) is 25.8 Å². The molecule has 0 N–H and O–H groups in total. The number of rotatable bonds is 2. The number of fused-ring (bicyclic) bond motifs is 3. The fraction of sp³-hybridized carbons (Fsp3) is 0.250. The van der Waals surface area contributed by atoms with Crippen molar-refractivity contribution in [2.24, 2.45) is 0 Å². The Labute approximate surface area is 154 Å². The molecule has 3 aromatic carbocycles. The summed E-state index contributed by atoms with van der Waals surface area (Å²) in [5, 5.41) is 3.59. The lowest BCUT2D eigenvalue weighted by Gasteiger charge is -2.14. The summed E-state index contributed by atoms with van der Waals surface area (Å²) in [4.78, 5) is 9.93. The second-order valence-electron chi connectivity index (χ2n) is 7.59. The van der Waals surface area contributed by atoms with E-state index >= 15 is 0 Å². The van der Waals surface area contributed by atoms with Crippen molar-refractivity contribution in [3.8, 4) is 11.3 Å². The molecule has 26 heavy (non-hydrogen) atoms. The Kier molecular flexibility index (Phi) is 3.99. The van der Waals surface area contributed by atoms with Crippen molar-refractivity contribution in [1.29, 1.82) is 0 Å². The molecule has 0 radical (unpaired) electrons. The van der Waals surface area contributed by atoms with E-state index in [2.05, 4.69) is 83.1 Å². The molecule has 0 unspecified atom stereocenters. The van der Waals surface area contributed by atoms with Crippen LogP contribution in [0, 0.1) is 20.8 Å². The van der Waals surface area contributed by atoms with E-state index in [1.807, 2.05) is 0 Å². The quantitative estimate of drug-likeness (QED) is 0.389. The third-order valence-corrected chi connectivity index (χ3v) is 4.97. The zero-order valence-corrected chi connectivity index (χ0v) is 16.1. The van der Waals surface area contributed by atoms with Gasteiger partial charge in [0.15, 0.2) is 0 Å². The minimum Gasteiger partial charge on any atom is -0.232 e. The van der Waals surface area contributed by atoms with Gasteiger partial charge in [-0.1, -0.05) is 55.3 Å². The number of nitrogens with zero attached hydrogens (tertiary/aromatic N) is 2. The van der Waals surface area contributed by atoms with Crippen molar-refractivity contribution < 1.29 is 0 Å². The van der Waals surface area contributed by atoms with Gasteiger partial charge in [-0.05, 0) is 49.9 Å². The number of hydrogen-bond donors (Lipinski definition) is 0. The Morgan fingerprint density at radius 2 is 1.42 bits per heavy atom. The summed E-state index contributed by atoms with van der Waals surface area (Å²) in [6, 6.07) is 17.5. The second-order valence-corrected chi connectivity index (χ2v) is 7.59. The van der Waals surface area contributed by atoms with Crippen LogP contribution < -0.4 is 0 Å². The third-order valence-electron chi connectivity index (χ3n) is 4.97. The summed E-state index contributed by atoms with van der Waals surface area (Å²) in [5.41, 5.74) is 7.06. The molecule has 0 aliphatic heterocycles. The summed E-state index contributed by atoms with van der Waals surface area (Å²) in [6.07, 6.45) is 0. The first-order valence-electron chi connectivity index (χ1n) is 9.22. The molecule has 0 spiro atoms. The van der Waals surface area contributed by atoms with Crippen molar-refractivity contribution in [3.05, 3.63) is 71.0 Å². The highest BCUT2D eigenvalue weighted by Gasteiger charge is 2.15. The molecular formula is C24H24N2. The smallest absolute Gasteiger partial charge is 0.132 e. The molecule has 0 amide bonds. The van der Waals surface area contributed by atoms with Crippen molar-refractivity contribution in [1.82, 2.24) is 9.97 Å². The molecule has 2 heteroatoms. The van der Waals surface area contributed by atoms with Crippen LogP contribution in [0.2, 0.25) is 0 Å². The lowest BCUT2D eigenvalue weighted by atomic mass is 9.97. The van der Waals surface area contributed by atoms with Gasteiger partial charge < -0.3 is 0 Å². The van der Waals surface area contributed by atoms with Crippen LogP contribution in [0.25, 0.3) is 32.9 Å². The minimum absolute atomic E-state index is 0.282. The fourth-order valence-corrected chi connectivity index (χ4v) is 3.71. The first-order chi connectivity index (χ1) is 12.4. The highest BCUT2D eigenvalue weighted by atomic mass is 14.9. The molecule has 0 aliphatic rings. The van der Waals surface area contributed by atoms with E-state index in [0.717, 1.165) is 22.4 Å². The molecule has 0 aliphatic carbocycles. The Morgan fingerprint density at radius 3 is 2.12 bits per heavy atom. The SMILES string of the molecule is Cc1cc(C)cc(-c2nc(C(C)C)nc3c2ccc2c(C)cccc23)c1. The van der Waals surface area contributed by atoms with Crippen LogP contribution in [0.15, 0.2) is 48.5 Å². The lowest BCUT2D eigenvalue weighted by Crippen LogP contribution is -2.01. The zero-order valence-electron chi connectivity index (χ0n) is 16.1. The predicted octanol–water partition coefficient (Wildman–Crippen LogP) is 6.50. The van der Waals surface area contributed by atoms with E-state index in [1.54, 1.807) is 0 Å². The van der Waals surface area contributed by atoms with E-state index < -0.39 is 0 Å². The highest BCUT2D eigenvalue weighted by molar-refractivity contribution is 6.10. The van der Waals surface area contributed by atoms with E-state index in [1.165, 1.54) is 33.0 Å². The number of hydrogen-bond acceptors (Lipinski definition) is 2. The molecule has 1 aromatic heterocycles.